The van der Waals surface area contributed by atoms with Gasteiger partial charge in [0.05, 0.1) is 4.88 Å². The van der Waals surface area contributed by atoms with Gasteiger partial charge in [-0.2, -0.15) is 10.1 Å². The highest BCUT2D eigenvalue weighted by Crippen LogP contribution is 2.22. The monoisotopic (exact) mass is 351 g/mol. The molecule has 0 fully saturated rings. The number of thiazole rings is 1. The van der Waals surface area contributed by atoms with Crippen LogP contribution in [0.1, 0.15) is 6.42 Å². The number of aromatic nitrogens is 4. The molecule has 1 N–H and O–H groups in total. The molecule has 0 aromatic carbocycles. The normalized spacial score (nSPS) is 12.0. The lowest BCUT2D eigenvalue weighted by atomic mass is 10.4. The van der Waals surface area contributed by atoms with Gasteiger partial charge in [0, 0.05) is 31.6 Å². The minimum absolute atomic E-state index is 0.168. The van der Waals surface area contributed by atoms with E-state index in [4.69, 9.17) is 12.2 Å². The summed E-state index contributed by atoms with van der Waals surface area (Å²) in [5.41, 5.74) is 0. The molecule has 9 heteroatoms. The zero-order chi connectivity index (χ0) is 15.5. The molecular weight excluding hydrogens is 338 g/mol. The highest BCUT2D eigenvalue weighted by Gasteiger charge is 2.11. The molecule has 0 aliphatic heterocycles. The van der Waals surface area contributed by atoms with Crippen LogP contribution in [-0.2, 0) is 18.4 Å². The van der Waals surface area contributed by atoms with Crippen molar-refractivity contribution >= 4 is 40.8 Å². The summed E-state index contributed by atoms with van der Waals surface area (Å²) in [6.45, 7) is 0.458. The smallest absolute Gasteiger partial charge is 0.250 e. The first kappa shape index (κ1) is 15.1. The van der Waals surface area contributed by atoms with Crippen molar-refractivity contribution in [3.63, 3.8) is 0 Å². The van der Waals surface area contributed by atoms with E-state index in [2.05, 4.69) is 15.2 Å². The number of aryl methyl sites for hydroxylation is 1. The molecule has 0 unspecified atom stereocenters. The molecule has 3 aromatic rings. The number of hydrogen-bond donors (Lipinski definition) is 1. The SMILES string of the molecule is Cn1ccsc1=NC(=O)CCn1c(-c2cccs2)n[nH]c1=S. The molecule has 0 saturated heterocycles. The van der Waals surface area contributed by atoms with Crippen LogP contribution in [-0.4, -0.2) is 25.2 Å². The number of thiophene rings is 1. The fourth-order valence-electron chi connectivity index (χ4n) is 1.92. The number of carbonyl (C=O) groups is 1. The van der Waals surface area contributed by atoms with E-state index in [1.54, 1.807) is 11.3 Å². The van der Waals surface area contributed by atoms with Gasteiger partial charge in [-0.3, -0.25) is 14.5 Å². The Morgan fingerprint density at radius 2 is 2.32 bits per heavy atom. The molecule has 6 nitrogen and oxygen atoms in total. The van der Waals surface area contributed by atoms with E-state index in [1.807, 2.05) is 45.3 Å². The van der Waals surface area contributed by atoms with Crippen LogP contribution >= 0.6 is 34.9 Å². The molecule has 1 amide bonds. The number of H-pyrrole nitrogens is 1. The standard InChI is InChI=1S/C13H13N5OS3/c1-17-6-8-22-13(17)14-10(19)4-5-18-11(15-16-12(18)20)9-3-2-7-21-9/h2-3,6-8H,4-5H2,1H3,(H,16,20). The van der Waals surface area contributed by atoms with Crippen LogP contribution in [0.5, 0.6) is 0 Å². The molecule has 22 heavy (non-hydrogen) atoms. The van der Waals surface area contributed by atoms with Crippen LogP contribution < -0.4 is 4.80 Å². The summed E-state index contributed by atoms with van der Waals surface area (Å²) < 4.78 is 4.17. The van der Waals surface area contributed by atoms with Crippen LogP contribution in [0.25, 0.3) is 10.7 Å². The van der Waals surface area contributed by atoms with Crippen molar-refractivity contribution in [1.29, 1.82) is 0 Å². The minimum atomic E-state index is -0.168. The third-order valence-corrected chi connectivity index (χ3v) is 5.05. The van der Waals surface area contributed by atoms with Gasteiger partial charge in [0.25, 0.3) is 0 Å². The number of aromatic amines is 1. The van der Waals surface area contributed by atoms with Gasteiger partial charge in [-0.15, -0.1) is 22.7 Å². The highest BCUT2D eigenvalue weighted by molar-refractivity contribution is 7.71. The van der Waals surface area contributed by atoms with Gasteiger partial charge in [0.1, 0.15) is 0 Å². The van der Waals surface area contributed by atoms with Crippen LogP contribution in [0.2, 0.25) is 0 Å². The summed E-state index contributed by atoms with van der Waals surface area (Å²) in [7, 11) is 1.86. The van der Waals surface area contributed by atoms with Gasteiger partial charge in [0.15, 0.2) is 15.4 Å². The molecule has 0 radical (unpaired) electrons. The Labute approximate surface area is 139 Å². The summed E-state index contributed by atoms with van der Waals surface area (Å²) in [4.78, 5) is 17.8. The Balaban J connectivity index is 1.78. The number of carbonyl (C=O) groups excluding carboxylic acids is 1. The van der Waals surface area contributed by atoms with Gasteiger partial charge in [-0.1, -0.05) is 6.07 Å². The third-order valence-electron chi connectivity index (χ3n) is 3.03. The number of nitrogens with one attached hydrogen (secondary N) is 1. The fourth-order valence-corrected chi connectivity index (χ4v) is 3.62. The fraction of sp³-hybridized carbons (Fsp3) is 0.231. The van der Waals surface area contributed by atoms with E-state index >= 15 is 0 Å². The van der Waals surface area contributed by atoms with E-state index in [0.29, 0.717) is 16.1 Å². The summed E-state index contributed by atoms with van der Waals surface area (Å²) in [5, 5.41) is 10.9. The first-order valence-electron chi connectivity index (χ1n) is 6.52. The first-order chi connectivity index (χ1) is 10.6. The second-order valence-electron chi connectivity index (χ2n) is 4.53. The van der Waals surface area contributed by atoms with E-state index < -0.39 is 0 Å². The first-order valence-corrected chi connectivity index (χ1v) is 8.68. The van der Waals surface area contributed by atoms with Crippen molar-refractivity contribution in [2.75, 3.05) is 0 Å². The Kier molecular flexibility index (Phi) is 4.46. The molecule has 3 aromatic heterocycles. The second kappa shape index (κ2) is 6.51. The quantitative estimate of drug-likeness (QED) is 0.735. The number of amides is 1. The van der Waals surface area contributed by atoms with Crippen molar-refractivity contribution in [2.45, 2.75) is 13.0 Å². The molecule has 0 bridgehead atoms. The average molecular weight is 351 g/mol. The summed E-state index contributed by atoms with van der Waals surface area (Å²) in [6.07, 6.45) is 2.15. The van der Waals surface area contributed by atoms with Crippen molar-refractivity contribution in [2.24, 2.45) is 12.0 Å². The van der Waals surface area contributed by atoms with Gasteiger partial charge in [-0.25, -0.2) is 0 Å². The van der Waals surface area contributed by atoms with Crippen LogP contribution in [0, 0.1) is 4.77 Å². The van der Waals surface area contributed by atoms with Gasteiger partial charge in [0.2, 0.25) is 5.91 Å². The lowest BCUT2D eigenvalue weighted by molar-refractivity contribution is -0.118. The van der Waals surface area contributed by atoms with Gasteiger partial charge in [-0.05, 0) is 23.7 Å². The molecule has 0 atom stereocenters. The maximum absolute atomic E-state index is 12.0. The molecule has 0 aliphatic rings. The number of hydrogen-bond acceptors (Lipinski definition) is 5. The van der Waals surface area contributed by atoms with Crippen molar-refractivity contribution < 1.29 is 4.79 Å². The Bertz CT molecular complexity index is 897. The largest absolute Gasteiger partial charge is 0.327 e. The Morgan fingerprint density at radius 3 is 3.00 bits per heavy atom. The van der Waals surface area contributed by atoms with Crippen molar-refractivity contribution in [3.05, 3.63) is 38.7 Å². The van der Waals surface area contributed by atoms with Crippen LogP contribution in [0.4, 0.5) is 0 Å². The Morgan fingerprint density at radius 1 is 1.45 bits per heavy atom. The minimum Gasteiger partial charge on any atom is -0.327 e. The number of nitrogens with zero attached hydrogens (tertiary/aromatic N) is 4. The molecular formula is C13H13N5OS3. The van der Waals surface area contributed by atoms with E-state index in [-0.39, 0.29) is 12.3 Å². The molecule has 0 spiro atoms. The lowest BCUT2D eigenvalue weighted by Crippen LogP contribution is -2.14. The predicted octanol–water partition coefficient (Wildman–Crippen LogP) is 2.59. The second-order valence-corrected chi connectivity index (χ2v) is 6.74. The predicted molar refractivity (Wildman–Crippen MR) is 89.2 cm³/mol. The maximum Gasteiger partial charge on any atom is 0.250 e. The van der Waals surface area contributed by atoms with Crippen LogP contribution in [0.15, 0.2) is 34.1 Å². The third kappa shape index (κ3) is 3.16. The molecule has 0 aliphatic carbocycles. The summed E-state index contributed by atoms with van der Waals surface area (Å²) in [6, 6.07) is 3.93. The molecule has 3 rings (SSSR count). The molecule has 0 saturated carbocycles. The van der Waals surface area contributed by atoms with Crippen molar-refractivity contribution in [3.8, 4) is 10.7 Å². The zero-order valence-electron chi connectivity index (χ0n) is 11.7. The number of rotatable bonds is 4. The highest BCUT2D eigenvalue weighted by atomic mass is 32.1. The molecule has 3 heterocycles. The Hall–Kier alpha value is -1.84. The maximum atomic E-state index is 12.0. The summed E-state index contributed by atoms with van der Waals surface area (Å²) >= 11 is 8.26. The average Bonchev–Trinajstić information content (AvgIpc) is 3.20. The van der Waals surface area contributed by atoms with Crippen LogP contribution in [0.3, 0.4) is 0 Å². The topological polar surface area (TPSA) is 68.0 Å². The van der Waals surface area contributed by atoms with E-state index in [9.17, 15) is 4.79 Å². The van der Waals surface area contributed by atoms with E-state index in [1.165, 1.54) is 11.3 Å². The van der Waals surface area contributed by atoms with Gasteiger partial charge >= 0.3 is 0 Å². The lowest BCUT2D eigenvalue weighted by Gasteiger charge is -2.03. The van der Waals surface area contributed by atoms with Gasteiger partial charge < -0.3 is 4.57 Å². The molecule has 114 valence electrons. The van der Waals surface area contributed by atoms with Crippen molar-refractivity contribution in [1.82, 2.24) is 19.3 Å². The zero-order valence-corrected chi connectivity index (χ0v) is 14.2. The summed E-state index contributed by atoms with van der Waals surface area (Å²) in [5.74, 6) is 0.591. The van der Waals surface area contributed by atoms with E-state index in [0.717, 1.165) is 10.7 Å².